The maximum atomic E-state index is 11.6. The van der Waals surface area contributed by atoms with Gasteiger partial charge < -0.3 is 11.1 Å². The van der Waals surface area contributed by atoms with E-state index in [0.717, 1.165) is 0 Å². The van der Waals surface area contributed by atoms with Gasteiger partial charge >= 0.3 is 0 Å². The monoisotopic (exact) mass is 241 g/mol. The molecule has 1 aromatic heterocycles. The average Bonchev–Trinajstić information content (AvgIpc) is 2.25. The number of aromatic nitrogens is 1. The van der Waals surface area contributed by atoms with E-state index in [1.54, 1.807) is 18.2 Å². The fraction of sp³-hybridized carbons (Fsp3) is 0.455. The van der Waals surface area contributed by atoms with Crippen LogP contribution in [0.5, 0.6) is 0 Å². The highest BCUT2D eigenvalue weighted by atomic mass is 35.5. The smallest absolute Gasteiger partial charge is 0.269 e. The van der Waals surface area contributed by atoms with Crippen LogP contribution in [0.15, 0.2) is 18.2 Å². The van der Waals surface area contributed by atoms with E-state index in [1.165, 1.54) is 0 Å². The summed E-state index contributed by atoms with van der Waals surface area (Å²) in [6.07, 6.45) is 0. The molecule has 1 rings (SSSR count). The van der Waals surface area contributed by atoms with E-state index < -0.39 is 0 Å². The van der Waals surface area contributed by atoms with Crippen LogP contribution in [0, 0.1) is 5.92 Å². The third kappa shape index (κ3) is 3.79. The molecule has 0 saturated heterocycles. The number of pyridine rings is 1. The van der Waals surface area contributed by atoms with E-state index in [-0.39, 0.29) is 11.9 Å². The Hall–Kier alpha value is -1.13. The van der Waals surface area contributed by atoms with Gasteiger partial charge in [0.15, 0.2) is 0 Å². The number of hydrogen-bond donors (Lipinski definition) is 2. The SMILES string of the molecule is CC(C)C(N)CNC(=O)c1cccc(Cl)n1. The molecule has 16 heavy (non-hydrogen) atoms. The van der Waals surface area contributed by atoms with Gasteiger partial charge in [-0.1, -0.05) is 31.5 Å². The molecule has 3 N–H and O–H groups in total. The van der Waals surface area contributed by atoms with Crippen LogP contribution in [-0.4, -0.2) is 23.5 Å². The van der Waals surface area contributed by atoms with E-state index in [9.17, 15) is 4.79 Å². The molecule has 5 heteroatoms. The van der Waals surface area contributed by atoms with Crippen molar-refractivity contribution in [1.82, 2.24) is 10.3 Å². The highest BCUT2D eigenvalue weighted by molar-refractivity contribution is 6.29. The minimum Gasteiger partial charge on any atom is -0.349 e. The van der Waals surface area contributed by atoms with Gasteiger partial charge in [0.05, 0.1) is 0 Å². The van der Waals surface area contributed by atoms with Gasteiger partial charge in [-0.2, -0.15) is 0 Å². The zero-order valence-corrected chi connectivity index (χ0v) is 10.2. The molecule has 0 aromatic carbocycles. The van der Waals surface area contributed by atoms with E-state index in [0.29, 0.717) is 23.3 Å². The van der Waals surface area contributed by atoms with Crippen molar-refractivity contribution >= 4 is 17.5 Å². The van der Waals surface area contributed by atoms with E-state index in [2.05, 4.69) is 10.3 Å². The van der Waals surface area contributed by atoms with Crippen LogP contribution in [-0.2, 0) is 0 Å². The van der Waals surface area contributed by atoms with Crippen molar-refractivity contribution in [1.29, 1.82) is 0 Å². The Balaban J connectivity index is 2.53. The van der Waals surface area contributed by atoms with Gasteiger partial charge in [0.1, 0.15) is 10.8 Å². The highest BCUT2D eigenvalue weighted by Crippen LogP contribution is 2.05. The zero-order valence-electron chi connectivity index (χ0n) is 9.40. The fourth-order valence-electron chi connectivity index (χ4n) is 1.07. The minimum absolute atomic E-state index is 0.0527. The van der Waals surface area contributed by atoms with Crippen molar-refractivity contribution in [2.24, 2.45) is 11.7 Å². The summed E-state index contributed by atoms with van der Waals surface area (Å²) in [7, 11) is 0. The van der Waals surface area contributed by atoms with Gasteiger partial charge in [-0.25, -0.2) is 4.98 Å². The molecule has 0 aliphatic heterocycles. The standard InChI is InChI=1S/C11H16ClN3O/c1-7(2)8(13)6-14-11(16)9-4-3-5-10(12)15-9/h3-5,7-8H,6,13H2,1-2H3,(H,14,16). The van der Waals surface area contributed by atoms with Crippen LogP contribution < -0.4 is 11.1 Å². The molecular weight excluding hydrogens is 226 g/mol. The minimum atomic E-state index is -0.251. The van der Waals surface area contributed by atoms with Gasteiger partial charge in [-0.05, 0) is 18.1 Å². The number of carbonyl (C=O) groups is 1. The summed E-state index contributed by atoms with van der Waals surface area (Å²) in [5.41, 5.74) is 6.12. The third-order valence-electron chi connectivity index (χ3n) is 2.30. The topological polar surface area (TPSA) is 68.0 Å². The van der Waals surface area contributed by atoms with Crippen LogP contribution in [0.4, 0.5) is 0 Å². The number of nitrogens with zero attached hydrogens (tertiary/aromatic N) is 1. The maximum absolute atomic E-state index is 11.6. The van der Waals surface area contributed by atoms with Gasteiger partial charge in [0.25, 0.3) is 5.91 Å². The van der Waals surface area contributed by atoms with Crippen molar-refractivity contribution in [3.05, 3.63) is 29.0 Å². The normalized spacial score (nSPS) is 12.6. The Morgan fingerprint density at radius 2 is 2.25 bits per heavy atom. The first-order chi connectivity index (χ1) is 7.50. The summed E-state index contributed by atoms with van der Waals surface area (Å²) >= 11 is 5.69. The molecule has 1 atom stereocenters. The Morgan fingerprint density at radius 3 is 2.81 bits per heavy atom. The Kier molecular flexibility index (Phi) is 4.71. The lowest BCUT2D eigenvalue weighted by Crippen LogP contribution is -2.40. The second kappa shape index (κ2) is 5.82. The van der Waals surface area contributed by atoms with Crippen LogP contribution in [0.25, 0.3) is 0 Å². The maximum Gasteiger partial charge on any atom is 0.269 e. The first kappa shape index (κ1) is 12.9. The molecular formula is C11H16ClN3O. The average molecular weight is 242 g/mol. The largest absolute Gasteiger partial charge is 0.349 e. The Bertz CT molecular complexity index is 368. The second-order valence-corrected chi connectivity index (χ2v) is 4.35. The first-order valence-corrected chi connectivity index (χ1v) is 5.55. The van der Waals surface area contributed by atoms with Gasteiger partial charge in [-0.15, -0.1) is 0 Å². The Morgan fingerprint density at radius 1 is 1.56 bits per heavy atom. The van der Waals surface area contributed by atoms with Gasteiger partial charge in [0, 0.05) is 12.6 Å². The van der Waals surface area contributed by atoms with Crippen LogP contribution >= 0.6 is 11.6 Å². The van der Waals surface area contributed by atoms with Crippen molar-refractivity contribution < 1.29 is 4.79 Å². The lowest BCUT2D eigenvalue weighted by molar-refractivity contribution is 0.0944. The number of rotatable bonds is 4. The molecule has 1 unspecified atom stereocenters. The summed E-state index contributed by atoms with van der Waals surface area (Å²) in [5, 5.41) is 3.03. The summed E-state index contributed by atoms with van der Waals surface area (Å²) < 4.78 is 0. The van der Waals surface area contributed by atoms with Crippen molar-refractivity contribution in [2.45, 2.75) is 19.9 Å². The highest BCUT2D eigenvalue weighted by Gasteiger charge is 2.11. The molecule has 1 aromatic rings. The number of nitrogens with one attached hydrogen (secondary N) is 1. The number of hydrogen-bond acceptors (Lipinski definition) is 3. The van der Waals surface area contributed by atoms with Crippen molar-refractivity contribution in [2.75, 3.05) is 6.54 Å². The first-order valence-electron chi connectivity index (χ1n) is 5.17. The molecule has 0 aliphatic carbocycles. The summed E-state index contributed by atoms with van der Waals surface area (Å²) in [6, 6.07) is 4.87. The fourth-order valence-corrected chi connectivity index (χ4v) is 1.24. The lowest BCUT2D eigenvalue weighted by atomic mass is 10.1. The second-order valence-electron chi connectivity index (χ2n) is 3.96. The predicted octanol–water partition coefficient (Wildman–Crippen LogP) is 1.45. The van der Waals surface area contributed by atoms with Gasteiger partial charge in [0.2, 0.25) is 0 Å². The number of amides is 1. The lowest BCUT2D eigenvalue weighted by Gasteiger charge is -2.15. The van der Waals surface area contributed by atoms with Crippen LogP contribution in [0.2, 0.25) is 5.15 Å². The molecule has 1 amide bonds. The van der Waals surface area contributed by atoms with E-state index >= 15 is 0 Å². The van der Waals surface area contributed by atoms with Crippen molar-refractivity contribution in [3.8, 4) is 0 Å². The van der Waals surface area contributed by atoms with Crippen molar-refractivity contribution in [3.63, 3.8) is 0 Å². The molecule has 0 aliphatic rings. The molecule has 1 heterocycles. The molecule has 0 radical (unpaired) electrons. The zero-order chi connectivity index (χ0) is 12.1. The van der Waals surface area contributed by atoms with Gasteiger partial charge in [-0.3, -0.25) is 4.79 Å². The van der Waals surface area contributed by atoms with E-state index in [1.807, 2.05) is 13.8 Å². The molecule has 4 nitrogen and oxygen atoms in total. The predicted molar refractivity (Wildman–Crippen MR) is 64.4 cm³/mol. The number of nitrogens with two attached hydrogens (primary N) is 1. The number of carbonyl (C=O) groups excluding carboxylic acids is 1. The molecule has 88 valence electrons. The molecule has 0 saturated carbocycles. The van der Waals surface area contributed by atoms with Crippen LogP contribution in [0.1, 0.15) is 24.3 Å². The Labute approximate surface area is 100 Å². The molecule has 0 spiro atoms. The number of halogens is 1. The summed E-state index contributed by atoms with van der Waals surface area (Å²) in [4.78, 5) is 15.5. The summed E-state index contributed by atoms with van der Waals surface area (Å²) in [6.45, 7) is 4.45. The third-order valence-corrected chi connectivity index (χ3v) is 2.51. The van der Waals surface area contributed by atoms with E-state index in [4.69, 9.17) is 17.3 Å². The summed E-state index contributed by atoms with van der Waals surface area (Å²) in [5.74, 6) is 0.0752. The van der Waals surface area contributed by atoms with Crippen LogP contribution in [0.3, 0.4) is 0 Å². The molecule has 0 fully saturated rings. The quantitative estimate of drug-likeness (QED) is 0.784. The molecule has 0 bridgehead atoms.